The van der Waals surface area contributed by atoms with Crippen LogP contribution < -0.4 is 33.2 Å². The molecule has 0 aliphatic heterocycles. The lowest BCUT2D eigenvalue weighted by atomic mass is 10.1. The van der Waals surface area contributed by atoms with E-state index in [2.05, 4.69) is 36.7 Å². The molecule has 0 bridgehead atoms. The van der Waals surface area contributed by atoms with Crippen LogP contribution in [-0.4, -0.2) is 132 Å². The van der Waals surface area contributed by atoms with E-state index in [-0.39, 0.29) is 58.5 Å². The van der Waals surface area contributed by atoms with Gasteiger partial charge in [-0.05, 0) is 55.2 Å². The summed E-state index contributed by atoms with van der Waals surface area (Å²) in [7, 11) is 0. The summed E-state index contributed by atoms with van der Waals surface area (Å²) in [5, 5.41) is 8.72. The molecule has 0 fully saturated rings. The minimum atomic E-state index is -1.04. The van der Waals surface area contributed by atoms with Crippen LogP contribution in [0, 0.1) is 0 Å². The Kier molecular flexibility index (Phi) is 29.0. The molecule has 0 spiro atoms. The molecule has 0 heterocycles. The lowest BCUT2D eigenvalue weighted by Gasteiger charge is -2.32. The number of nitrogens with two attached hydrogens (primary N) is 3. The summed E-state index contributed by atoms with van der Waals surface area (Å²) in [6.45, 7) is 7.14. The third kappa shape index (κ3) is 22.4. The minimum Gasteiger partial charge on any atom is -0.338 e. The van der Waals surface area contributed by atoms with Gasteiger partial charge in [0, 0.05) is 58.9 Å². The molecule has 3 rings (SSSR count). The molecule has 9 amide bonds. The van der Waals surface area contributed by atoms with Crippen LogP contribution in [0.25, 0.3) is 0 Å². The monoisotopic (exact) mass is 969 g/mol. The summed E-state index contributed by atoms with van der Waals surface area (Å²) in [4.78, 5) is 89.6. The third-order valence-electron chi connectivity index (χ3n) is 12.2. The summed E-state index contributed by atoms with van der Waals surface area (Å²) in [6.07, 6.45) is 11.6. The Morgan fingerprint density at radius 1 is 0.386 bits per heavy atom. The van der Waals surface area contributed by atoms with E-state index in [9.17, 15) is 28.8 Å². The van der Waals surface area contributed by atoms with Crippen LogP contribution in [0.1, 0.15) is 115 Å². The number of benzene rings is 3. The number of hydrogen-bond donors (Lipinski definition) is 6. The van der Waals surface area contributed by atoms with Gasteiger partial charge in [0.05, 0.1) is 18.1 Å². The van der Waals surface area contributed by atoms with Crippen LogP contribution in [0.15, 0.2) is 91.0 Å². The second-order valence-corrected chi connectivity index (χ2v) is 18.1. The predicted octanol–water partition coefficient (Wildman–Crippen LogP) is 6.35. The van der Waals surface area contributed by atoms with Gasteiger partial charge in [0.2, 0.25) is 17.7 Å². The second-order valence-electron chi connectivity index (χ2n) is 18.1. The smallest absolute Gasteiger partial charge is 0.324 e. The number of carbonyl (C=O) groups is 6. The fraction of sp³-hybridized carbons (Fsp3) is 0.556. The molecule has 70 heavy (non-hydrogen) atoms. The molecule has 0 aliphatic carbocycles. The number of hydrogen-bond acceptors (Lipinski definition) is 10. The summed E-state index contributed by atoms with van der Waals surface area (Å²) in [5.74, 6) is -1.73. The van der Waals surface area contributed by atoms with Gasteiger partial charge in [0.25, 0.3) is 0 Å². The van der Waals surface area contributed by atoms with Gasteiger partial charge in [-0.1, -0.05) is 170 Å². The molecule has 0 unspecified atom stereocenters. The number of amides is 9. The van der Waals surface area contributed by atoms with Gasteiger partial charge in [-0.25, -0.2) is 14.4 Å². The van der Waals surface area contributed by atoms with Crippen molar-refractivity contribution >= 4 is 35.8 Å². The zero-order valence-corrected chi connectivity index (χ0v) is 42.3. The Hall–Kier alpha value is -5.68. The van der Waals surface area contributed by atoms with Crippen LogP contribution in [0.4, 0.5) is 14.4 Å². The number of carbonyl (C=O) groups excluding carboxylic acids is 6. The third-order valence-corrected chi connectivity index (χ3v) is 12.2. The van der Waals surface area contributed by atoms with Crippen molar-refractivity contribution in [1.82, 2.24) is 35.6 Å². The van der Waals surface area contributed by atoms with Gasteiger partial charge >= 0.3 is 18.1 Å². The zero-order chi connectivity index (χ0) is 50.9. The van der Waals surface area contributed by atoms with Crippen molar-refractivity contribution in [3.8, 4) is 0 Å². The minimum absolute atomic E-state index is 0.0422. The van der Waals surface area contributed by atoms with Crippen LogP contribution in [-0.2, 0) is 33.6 Å². The molecule has 9 N–H and O–H groups in total. The molecular weight excluding hydrogens is 885 g/mol. The molecule has 3 aromatic carbocycles. The molecule has 0 aromatic heterocycles. The lowest BCUT2D eigenvalue weighted by molar-refractivity contribution is -0.130. The summed E-state index contributed by atoms with van der Waals surface area (Å²) < 4.78 is 0. The first kappa shape index (κ1) is 58.6. The normalized spacial score (nSPS) is 12.4. The quantitative estimate of drug-likeness (QED) is 0.0371. The van der Waals surface area contributed by atoms with Crippen LogP contribution in [0.5, 0.6) is 0 Å². The van der Waals surface area contributed by atoms with Gasteiger partial charge in [-0.3, -0.25) is 34.0 Å². The SMILES string of the molecule is CCCCCCNC(=O)N(CCN(CCN(C(=O)NCCCCCC)C(=O)[C@@H](N)Cc1ccccc1)CCN(C(=O)NCCCCCC)C(=O)[C@@H](N)Cc1ccccc1)C(=O)[C@@H](N)Cc1ccccc1. The number of rotatable bonds is 33. The summed E-state index contributed by atoms with van der Waals surface area (Å²) in [5.41, 5.74) is 22.1. The largest absolute Gasteiger partial charge is 0.338 e. The molecule has 3 atom stereocenters. The maximum atomic E-state index is 14.2. The van der Waals surface area contributed by atoms with Gasteiger partial charge in [0.15, 0.2) is 0 Å². The summed E-state index contributed by atoms with van der Waals surface area (Å²) in [6, 6.07) is 23.1. The second kappa shape index (κ2) is 34.6. The molecule has 16 nitrogen and oxygen atoms in total. The molecule has 386 valence electrons. The van der Waals surface area contributed by atoms with E-state index in [1.165, 1.54) is 0 Å². The Morgan fingerprint density at radius 3 is 0.886 bits per heavy atom. The maximum Gasteiger partial charge on any atom is 0.324 e. The van der Waals surface area contributed by atoms with E-state index in [1.54, 1.807) is 0 Å². The number of imide groups is 3. The molecule has 0 saturated carbocycles. The van der Waals surface area contributed by atoms with Crippen LogP contribution >= 0.6 is 0 Å². The molecular formula is C54H84N10O6. The van der Waals surface area contributed by atoms with Crippen molar-refractivity contribution in [2.24, 2.45) is 17.2 Å². The van der Waals surface area contributed by atoms with E-state index in [0.717, 1.165) is 108 Å². The van der Waals surface area contributed by atoms with Gasteiger partial charge < -0.3 is 33.2 Å². The molecule has 3 aromatic rings. The standard InChI is InChI=1S/C54H84N10O6/c1-4-7-10-22-31-58-52(68)62(49(65)46(55)40-43-25-16-13-17-26-43)37-34-61(35-38-63(53(69)59-32-23-11-8-5-2)50(66)47(56)41-44-27-18-14-19-28-44)36-39-64(54(70)60-33-24-12-9-6-3)51(67)48(57)42-45-29-20-15-21-30-45/h13-21,25-30,46-48H,4-12,22-24,31-42,55-57H2,1-3H3,(H,58,68)(H,59,69)(H,60,70)/t46-,47-,48-/m0/s1. The number of nitrogens with one attached hydrogen (secondary N) is 3. The highest BCUT2D eigenvalue weighted by Gasteiger charge is 2.31. The topological polar surface area (TPSA) is 230 Å². The van der Waals surface area contributed by atoms with E-state index < -0.39 is 53.9 Å². The highest BCUT2D eigenvalue weighted by Crippen LogP contribution is 2.11. The molecule has 0 radical (unpaired) electrons. The Balaban J connectivity index is 1.99. The number of nitrogens with zero attached hydrogens (tertiary/aromatic N) is 4. The average Bonchev–Trinajstić information content (AvgIpc) is 3.36. The van der Waals surface area contributed by atoms with Gasteiger partial charge in [-0.2, -0.15) is 0 Å². The first-order chi connectivity index (χ1) is 33.9. The van der Waals surface area contributed by atoms with Crippen molar-refractivity contribution in [3.05, 3.63) is 108 Å². The first-order valence-corrected chi connectivity index (χ1v) is 25.8. The average molecular weight is 969 g/mol. The number of urea groups is 3. The predicted molar refractivity (Wildman–Crippen MR) is 279 cm³/mol. The van der Waals surface area contributed by atoms with E-state index in [1.807, 2.05) is 95.9 Å². The van der Waals surface area contributed by atoms with Crippen LogP contribution in [0.3, 0.4) is 0 Å². The number of unbranched alkanes of at least 4 members (excludes halogenated alkanes) is 9. The van der Waals surface area contributed by atoms with Crippen molar-refractivity contribution in [2.75, 3.05) is 58.9 Å². The van der Waals surface area contributed by atoms with E-state index >= 15 is 0 Å². The molecule has 0 saturated heterocycles. The Bertz CT molecular complexity index is 1740. The summed E-state index contributed by atoms with van der Waals surface area (Å²) >= 11 is 0. The van der Waals surface area contributed by atoms with Crippen molar-refractivity contribution in [2.45, 2.75) is 135 Å². The zero-order valence-electron chi connectivity index (χ0n) is 42.3. The first-order valence-electron chi connectivity index (χ1n) is 25.8. The Labute approximate surface area is 417 Å². The van der Waals surface area contributed by atoms with Crippen molar-refractivity contribution in [3.63, 3.8) is 0 Å². The maximum absolute atomic E-state index is 14.2. The van der Waals surface area contributed by atoms with Crippen molar-refractivity contribution in [1.29, 1.82) is 0 Å². The fourth-order valence-corrected chi connectivity index (χ4v) is 7.99. The van der Waals surface area contributed by atoms with Gasteiger partial charge in [0.1, 0.15) is 0 Å². The van der Waals surface area contributed by atoms with Crippen molar-refractivity contribution < 1.29 is 28.8 Å². The van der Waals surface area contributed by atoms with E-state index in [4.69, 9.17) is 17.2 Å². The van der Waals surface area contributed by atoms with Gasteiger partial charge in [-0.15, -0.1) is 0 Å². The van der Waals surface area contributed by atoms with Crippen LogP contribution in [0.2, 0.25) is 0 Å². The molecule has 0 aliphatic rings. The fourth-order valence-electron chi connectivity index (χ4n) is 7.99. The molecule has 16 heteroatoms. The lowest BCUT2D eigenvalue weighted by Crippen LogP contribution is -2.56. The van der Waals surface area contributed by atoms with E-state index in [0.29, 0.717) is 19.6 Å². The Morgan fingerprint density at radius 2 is 0.643 bits per heavy atom. The highest BCUT2D eigenvalue weighted by atomic mass is 16.2. The highest BCUT2D eigenvalue weighted by molar-refractivity contribution is 5.98.